The van der Waals surface area contributed by atoms with E-state index in [-0.39, 0.29) is 18.1 Å². The number of amides is 2. The van der Waals surface area contributed by atoms with Crippen LogP contribution in [-0.2, 0) is 0 Å². The number of hydrogen-bond acceptors (Lipinski definition) is 2. The van der Waals surface area contributed by atoms with E-state index < -0.39 is 0 Å². The molecule has 1 aromatic rings. The van der Waals surface area contributed by atoms with Gasteiger partial charge in [-0.3, -0.25) is 4.98 Å². The average molecular weight is 233 g/mol. The fraction of sp³-hybridized carbons (Fsp3) is 0.538. The second kappa shape index (κ2) is 5.17. The predicted octanol–water partition coefficient (Wildman–Crippen LogP) is 2.24. The molecule has 2 rings (SSSR count). The molecule has 0 saturated heterocycles. The maximum atomic E-state index is 11.7. The van der Waals surface area contributed by atoms with E-state index in [1.54, 1.807) is 6.20 Å². The highest BCUT2D eigenvalue weighted by Gasteiger charge is 2.29. The minimum absolute atomic E-state index is 0.0670. The van der Waals surface area contributed by atoms with Crippen LogP contribution in [0.3, 0.4) is 0 Å². The summed E-state index contributed by atoms with van der Waals surface area (Å²) in [7, 11) is 0. The van der Waals surface area contributed by atoms with Crippen LogP contribution in [0.5, 0.6) is 0 Å². The third kappa shape index (κ3) is 3.44. The van der Waals surface area contributed by atoms with Crippen molar-refractivity contribution in [3.63, 3.8) is 0 Å². The first-order valence-electron chi connectivity index (χ1n) is 6.15. The minimum Gasteiger partial charge on any atom is -0.335 e. The molecule has 4 nitrogen and oxygen atoms in total. The molecule has 1 fully saturated rings. The molecule has 2 N–H and O–H groups in total. The van der Waals surface area contributed by atoms with Gasteiger partial charge in [-0.2, -0.15) is 0 Å². The number of aromatic nitrogens is 1. The molecule has 0 bridgehead atoms. The molecule has 1 aromatic heterocycles. The first-order valence-corrected chi connectivity index (χ1v) is 6.15. The topological polar surface area (TPSA) is 54.0 Å². The second-order valence-corrected chi connectivity index (χ2v) is 4.72. The van der Waals surface area contributed by atoms with E-state index in [4.69, 9.17) is 0 Å². The zero-order valence-corrected chi connectivity index (χ0v) is 10.3. The van der Waals surface area contributed by atoms with Gasteiger partial charge in [-0.15, -0.1) is 0 Å². The molecule has 1 saturated carbocycles. The van der Waals surface area contributed by atoms with Gasteiger partial charge in [0.15, 0.2) is 0 Å². The Morgan fingerprint density at radius 2 is 2.12 bits per heavy atom. The van der Waals surface area contributed by atoms with Crippen LogP contribution in [0.1, 0.15) is 38.4 Å². The standard InChI is InChI=1S/C13H19N3O/c1-9(11-6-7-11)15-13(17)16-10(2)12-5-3-4-8-14-12/h3-5,8-11H,6-7H2,1-2H3,(H2,15,16,17)/t9-,10+/m1/s1. The maximum absolute atomic E-state index is 11.7. The summed E-state index contributed by atoms with van der Waals surface area (Å²) >= 11 is 0. The number of rotatable bonds is 4. The van der Waals surface area contributed by atoms with Crippen LogP contribution >= 0.6 is 0 Å². The van der Waals surface area contributed by atoms with Crippen molar-refractivity contribution in [1.82, 2.24) is 15.6 Å². The van der Waals surface area contributed by atoms with Gasteiger partial charge in [0, 0.05) is 12.2 Å². The zero-order chi connectivity index (χ0) is 12.3. The van der Waals surface area contributed by atoms with E-state index in [9.17, 15) is 4.79 Å². The highest BCUT2D eigenvalue weighted by Crippen LogP contribution is 2.32. The van der Waals surface area contributed by atoms with Crippen LogP contribution in [0.25, 0.3) is 0 Å². The van der Waals surface area contributed by atoms with E-state index in [0.29, 0.717) is 5.92 Å². The lowest BCUT2D eigenvalue weighted by Gasteiger charge is -2.17. The van der Waals surface area contributed by atoms with Crippen molar-refractivity contribution in [3.8, 4) is 0 Å². The van der Waals surface area contributed by atoms with Crippen molar-refractivity contribution in [2.45, 2.75) is 38.8 Å². The Bertz CT molecular complexity index is 376. The van der Waals surface area contributed by atoms with E-state index in [2.05, 4.69) is 22.5 Å². The number of carbonyl (C=O) groups is 1. The lowest BCUT2D eigenvalue weighted by molar-refractivity contribution is 0.233. The van der Waals surface area contributed by atoms with Crippen LogP contribution in [0.4, 0.5) is 4.79 Å². The maximum Gasteiger partial charge on any atom is 0.315 e. The molecule has 1 aliphatic carbocycles. The van der Waals surface area contributed by atoms with Crippen molar-refractivity contribution in [2.24, 2.45) is 5.92 Å². The fourth-order valence-corrected chi connectivity index (χ4v) is 1.87. The minimum atomic E-state index is -0.109. The van der Waals surface area contributed by atoms with Gasteiger partial charge in [0.1, 0.15) is 0 Å². The largest absolute Gasteiger partial charge is 0.335 e. The van der Waals surface area contributed by atoms with Gasteiger partial charge in [0.25, 0.3) is 0 Å². The van der Waals surface area contributed by atoms with E-state index in [0.717, 1.165) is 5.69 Å². The Morgan fingerprint density at radius 3 is 2.71 bits per heavy atom. The van der Waals surface area contributed by atoms with Crippen LogP contribution in [0.2, 0.25) is 0 Å². The summed E-state index contributed by atoms with van der Waals surface area (Å²) in [6.45, 7) is 3.99. The number of nitrogens with one attached hydrogen (secondary N) is 2. The summed E-state index contributed by atoms with van der Waals surface area (Å²) in [4.78, 5) is 15.9. The van der Waals surface area contributed by atoms with Crippen molar-refractivity contribution in [2.75, 3.05) is 0 Å². The molecular weight excluding hydrogens is 214 g/mol. The second-order valence-electron chi connectivity index (χ2n) is 4.72. The Labute approximate surface area is 102 Å². The first kappa shape index (κ1) is 11.9. The zero-order valence-electron chi connectivity index (χ0n) is 10.3. The summed E-state index contributed by atoms with van der Waals surface area (Å²) in [5.41, 5.74) is 0.877. The number of nitrogens with zero attached hydrogens (tertiary/aromatic N) is 1. The molecule has 0 radical (unpaired) electrons. The van der Waals surface area contributed by atoms with Gasteiger partial charge in [0.05, 0.1) is 11.7 Å². The molecule has 0 spiro atoms. The highest BCUT2D eigenvalue weighted by atomic mass is 16.2. The number of pyridine rings is 1. The lowest BCUT2D eigenvalue weighted by Crippen LogP contribution is -2.42. The highest BCUT2D eigenvalue weighted by molar-refractivity contribution is 5.74. The van der Waals surface area contributed by atoms with E-state index >= 15 is 0 Å². The van der Waals surface area contributed by atoms with Gasteiger partial charge in [-0.25, -0.2) is 4.79 Å². The average Bonchev–Trinajstić information content (AvgIpc) is 3.13. The van der Waals surface area contributed by atoms with Gasteiger partial charge in [-0.05, 0) is 44.7 Å². The molecule has 17 heavy (non-hydrogen) atoms. The van der Waals surface area contributed by atoms with Crippen LogP contribution < -0.4 is 10.6 Å². The molecule has 2 atom stereocenters. The van der Waals surface area contributed by atoms with Crippen LogP contribution in [0, 0.1) is 5.92 Å². The Balaban J connectivity index is 1.81. The smallest absolute Gasteiger partial charge is 0.315 e. The van der Waals surface area contributed by atoms with E-state index in [1.165, 1.54) is 12.8 Å². The Kier molecular flexibility index (Phi) is 3.61. The molecule has 0 aromatic carbocycles. The first-order chi connectivity index (χ1) is 8.16. The van der Waals surface area contributed by atoms with E-state index in [1.807, 2.05) is 25.1 Å². The van der Waals surface area contributed by atoms with Crippen LogP contribution in [-0.4, -0.2) is 17.1 Å². The molecule has 0 unspecified atom stereocenters. The van der Waals surface area contributed by atoms with Crippen molar-refractivity contribution in [3.05, 3.63) is 30.1 Å². The third-order valence-corrected chi connectivity index (χ3v) is 3.17. The molecular formula is C13H19N3O. The molecule has 1 heterocycles. The fourth-order valence-electron chi connectivity index (χ4n) is 1.87. The molecule has 4 heteroatoms. The van der Waals surface area contributed by atoms with Crippen LogP contribution in [0.15, 0.2) is 24.4 Å². The van der Waals surface area contributed by atoms with Gasteiger partial charge >= 0.3 is 6.03 Å². The van der Waals surface area contributed by atoms with Crippen molar-refractivity contribution < 1.29 is 4.79 Å². The molecule has 2 amide bonds. The molecule has 0 aliphatic heterocycles. The lowest BCUT2D eigenvalue weighted by atomic mass is 10.2. The van der Waals surface area contributed by atoms with Crippen molar-refractivity contribution >= 4 is 6.03 Å². The van der Waals surface area contributed by atoms with Gasteiger partial charge in [-0.1, -0.05) is 6.07 Å². The summed E-state index contributed by atoms with van der Waals surface area (Å²) in [6, 6.07) is 5.79. The predicted molar refractivity (Wildman–Crippen MR) is 66.5 cm³/mol. The number of hydrogen-bond donors (Lipinski definition) is 2. The number of urea groups is 1. The number of carbonyl (C=O) groups excluding carboxylic acids is 1. The summed E-state index contributed by atoms with van der Waals surface area (Å²) in [6.07, 6.45) is 4.20. The molecule has 1 aliphatic rings. The Morgan fingerprint density at radius 1 is 1.35 bits per heavy atom. The monoisotopic (exact) mass is 233 g/mol. The van der Waals surface area contributed by atoms with Gasteiger partial charge < -0.3 is 10.6 Å². The SMILES string of the molecule is C[C@H](NC(=O)N[C@H](C)C1CC1)c1ccccn1. The normalized spacial score (nSPS) is 18.2. The van der Waals surface area contributed by atoms with Crippen molar-refractivity contribution in [1.29, 1.82) is 0 Å². The summed E-state index contributed by atoms with van der Waals surface area (Å²) in [5.74, 6) is 0.672. The Hall–Kier alpha value is -1.58. The van der Waals surface area contributed by atoms with Gasteiger partial charge in [0.2, 0.25) is 0 Å². The quantitative estimate of drug-likeness (QED) is 0.838. The summed E-state index contributed by atoms with van der Waals surface area (Å²) in [5, 5.41) is 5.86. The molecule has 92 valence electrons. The third-order valence-electron chi connectivity index (χ3n) is 3.17. The summed E-state index contributed by atoms with van der Waals surface area (Å²) < 4.78 is 0.